The van der Waals surface area contributed by atoms with Crippen molar-refractivity contribution in [1.82, 2.24) is 9.97 Å². The van der Waals surface area contributed by atoms with Crippen molar-refractivity contribution in [1.29, 1.82) is 0 Å². The van der Waals surface area contributed by atoms with Gasteiger partial charge in [0.2, 0.25) is 0 Å². The number of nitrogens with one attached hydrogen (secondary N) is 1. The summed E-state index contributed by atoms with van der Waals surface area (Å²) in [5, 5.41) is 3.19. The number of anilines is 4. The van der Waals surface area contributed by atoms with Gasteiger partial charge in [0.25, 0.3) is 0 Å². The van der Waals surface area contributed by atoms with E-state index in [4.69, 9.17) is 10.5 Å². The van der Waals surface area contributed by atoms with Crippen molar-refractivity contribution in [2.45, 2.75) is 19.8 Å². The first-order valence-corrected chi connectivity index (χ1v) is 8.39. The van der Waals surface area contributed by atoms with Crippen LogP contribution in [0.3, 0.4) is 0 Å². The van der Waals surface area contributed by atoms with Crippen molar-refractivity contribution in [2.75, 3.05) is 36.1 Å². The third-order valence-electron chi connectivity index (χ3n) is 4.51. The highest BCUT2D eigenvalue weighted by Crippen LogP contribution is 2.31. The van der Waals surface area contributed by atoms with E-state index in [9.17, 15) is 4.79 Å². The molecule has 0 saturated carbocycles. The lowest BCUT2D eigenvalue weighted by Gasteiger charge is -2.32. The number of carbonyl (C=O) groups excluding carboxylic acids is 1. The first-order valence-electron chi connectivity index (χ1n) is 8.39. The average molecular weight is 341 g/mol. The second-order valence-corrected chi connectivity index (χ2v) is 6.32. The van der Waals surface area contributed by atoms with Crippen LogP contribution >= 0.6 is 0 Å². The van der Waals surface area contributed by atoms with Crippen LogP contribution in [0.25, 0.3) is 0 Å². The predicted molar refractivity (Wildman–Crippen MR) is 98.1 cm³/mol. The van der Waals surface area contributed by atoms with Crippen LogP contribution < -0.4 is 16.0 Å². The van der Waals surface area contributed by atoms with Crippen LogP contribution in [-0.2, 0) is 4.74 Å². The molecule has 3 rings (SSSR count). The molecule has 0 amide bonds. The number of hydrogen-bond acceptors (Lipinski definition) is 7. The van der Waals surface area contributed by atoms with Gasteiger partial charge in [0.05, 0.1) is 12.7 Å². The summed E-state index contributed by atoms with van der Waals surface area (Å²) in [5.74, 6) is 1.71. The normalized spacial score (nSPS) is 15.0. The Morgan fingerprint density at radius 1 is 1.24 bits per heavy atom. The fraction of sp³-hybridized carbons (Fsp3) is 0.389. The topological polar surface area (TPSA) is 93.4 Å². The fourth-order valence-electron chi connectivity index (χ4n) is 2.90. The molecule has 2 heterocycles. The summed E-state index contributed by atoms with van der Waals surface area (Å²) >= 11 is 0. The highest BCUT2D eigenvalue weighted by atomic mass is 16.5. The minimum Gasteiger partial charge on any atom is -0.465 e. The monoisotopic (exact) mass is 341 g/mol. The molecule has 1 aromatic heterocycles. The number of hydrogen-bond donors (Lipinski definition) is 2. The quantitative estimate of drug-likeness (QED) is 0.826. The number of aromatic nitrogens is 2. The smallest absolute Gasteiger partial charge is 0.337 e. The Morgan fingerprint density at radius 3 is 2.56 bits per heavy atom. The lowest BCUT2D eigenvalue weighted by atomic mass is 9.99. The second kappa shape index (κ2) is 7.38. The van der Waals surface area contributed by atoms with E-state index in [-0.39, 0.29) is 5.97 Å². The summed E-state index contributed by atoms with van der Waals surface area (Å²) in [7, 11) is 1.36. The molecule has 25 heavy (non-hydrogen) atoms. The molecule has 1 aromatic carbocycles. The number of nitrogens with zero attached hydrogens (tertiary/aromatic N) is 3. The van der Waals surface area contributed by atoms with Gasteiger partial charge in [-0.25, -0.2) is 14.8 Å². The van der Waals surface area contributed by atoms with Crippen LogP contribution in [0.2, 0.25) is 0 Å². The Balaban J connectivity index is 1.77. The van der Waals surface area contributed by atoms with Gasteiger partial charge in [-0.1, -0.05) is 6.92 Å². The molecule has 7 heteroatoms. The molecule has 0 radical (unpaired) electrons. The van der Waals surface area contributed by atoms with E-state index in [2.05, 4.69) is 27.1 Å². The molecular formula is C18H23N5O2. The Kier molecular flexibility index (Phi) is 5.02. The number of esters is 1. The summed E-state index contributed by atoms with van der Waals surface area (Å²) in [6.07, 6.45) is 3.80. The molecule has 7 nitrogen and oxygen atoms in total. The van der Waals surface area contributed by atoms with Crippen molar-refractivity contribution in [3.8, 4) is 0 Å². The van der Waals surface area contributed by atoms with Crippen LogP contribution in [0.15, 0.2) is 30.6 Å². The first kappa shape index (κ1) is 17.0. The molecule has 1 saturated heterocycles. The van der Waals surface area contributed by atoms with Crippen molar-refractivity contribution in [3.05, 3.63) is 36.2 Å². The molecule has 1 fully saturated rings. The van der Waals surface area contributed by atoms with Crippen LogP contribution in [0.5, 0.6) is 0 Å². The third kappa shape index (κ3) is 3.81. The van der Waals surface area contributed by atoms with E-state index in [1.807, 2.05) is 0 Å². The number of piperidine rings is 1. The van der Waals surface area contributed by atoms with Crippen LogP contribution in [-0.4, -0.2) is 36.1 Å². The van der Waals surface area contributed by atoms with E-state index >= 15 is 0 Å². The van der Waals surface area contributed by atoms with Gasteiger partial charge in [-0.2, -0.15) is 0 Å². The molecular weight excluding hydrogens is 318 g/mol. The minimum atomic E-state index is -0.366. The van der Waals surface area contributed by atoms with Crippen LogP contribution in [0.1, 0.15) is 30.1 Å². The van der Waals surface area contributed by atoms with E-state index in [0.717, 1.165) is 43.4 Å². The summed E-state index contributed by atoms with van der Waals surface area (Å²) in [4.78, 5) is 22.3. The maximum Gasteiger partial charge on any atom is 0.337 e. The van der Waals surface area contributed by atoms with Gasteiger partial charge < -0.3 is 20.7 Å². The number of nitrogens with two attached hydrogens (primary N) is 1. The molecule has 2 aromatic rings. The summed E-state index contributed by atoms with van der Waals surface area (Å²) in [5.41, 5.74) is 8.11. The van der Waals surface area contributed by atoms with Gasteiger partial charge >= 0.3 is 5.97 Å². The van der Waals surface area contributed by atoms with Gasteiger partial charge in [-0.15, -0.1) is 0 Å². The molecule has 3 N–H and O–H groups in total. The number of nitrogen functional groups attached to an aromatic ring is 1. The van der Waals surface area contributed by atoms with Crippen molar-refractivity contribution < 1.29 is 9.53 Å². The highest BCUT2D eigenvalue weighted by Gasteiger charge is 2.20. The minimum absolute atomic E-state index is 0.366. The number of ether oxygens (including phenoxy) is 1. The highest BCUT2D eigenvalue weighted by molar-refractivity contribution is 5.90. The van der Waals surface area contributed by atoms with Crippen LogP contribution in [0, 0.1) is 5.92 Å². The molecule has 0 atom stereocenters. The van der Waals surface area contributed by atoms with Gasteiger partial charge in [-0.3, -0.25) is 0 Å². The van der Waals surface area contributed by atoms with E-state index in [1.54, 1.807) is 24.3 Å². The summed E-state index contributed by atoms with van der Waals surface area (Å²) < 4.78 is 4.70. The van der Waals surface area contributed by atoms with Gasteiger partial charge in [-0.05, 0) is 43.0 Å². The van der Waals surface area contributed by atoms with Gasteiger partial charge in [0.15, 0.2) is 11.6 Å². The van der Waals surface area contributed by atoms with Crippen molar-refractivity contribution >= 4 is 29.0 Å². The lowest BCUT2D eigenvalue weighted by molar-refractivity contribution is 0.0601. The van der Waals surface area contributed by atoms with E-state index in [0.29, 0.717) is 17.1 Å². The van der Waals surface area contributed by atoms with Gasteiger partial charge in [0.1, 0.15) is 12.0 Å². The molecule has 1 aliphatic heterocycles. The van der Waals surface area contributed by atoms with Gasteiger partial charge in [0, 0.05) is 18.8 Å². The maximum absolute atomic E-state index is 11.5. The zero-order valence-corrected chi connectivity index (χ0v) is 14.5. The van der Waals surface area contributed by atoms with E-state index in [1.165, 1.54) is 13.4 Å². The van der Waals surface area contributed by atoms with Crippen LogP contribution in [0.4, 0.5) is 23.0 Å². The largest absolute Gasteiger partial charge is 0.465 e. The average Bonchev–Trinajstić information content (AvgIpc) is 2.64. The summed E-state index contributed by atoms with van der Waals surface area (Å²) in [6, 6.07) is 6.96. The molecule has 0 unspecified atom stereocenters. The molecule has 0 spiro atoms. The zero-order valence-electron chi connectivity index (χ0n) is 14.5. The number of rotatable bonds is 4. The fourth-order valence-corrected chi connectivity index (χ4v) is 2.90. The standard InChI is InChI=1S/C18H23N5O2/c1-12-7-9-23(10-8-12)17-15(19)16(20-11-21-17)22-14-5-3-13(4-6-14)18(24)25-2/h3-6,11-12H,7-10,19H2,1-2H3,(H,20,21,22). The number of benzene rings is 1. The summed E-state index contributed by atoms with van der Waals surface area (Å²) in [6.45, 7) is 4.18. The second-order valence-electron chi connectivity index (χ2n) is 6.32. The molecule has 0 bridgehead atoms. The Morgan fingerprint density at radius 2 is 1.92 bits per heavy atom. The first-order chi connectivity index (χ1) is 12.1. The zero-order chi connectivity index (χ0) is 17.8. The molecule has 132 valence electrons. The Labute approximate surface area is 147 Å². The maximum atomic E-state index is 11.5. The molecule has 0 aliphatic carbocycles. The van der Waals surface area contributed by atoms with Crippen molar-refractivity contribution in [2.24, 2.45) is 5.92 Å². The molecule has 1 aliphatic rings. The third-order valence-corrected chi connectivity index (χ3v) is 4.51. The predicted octanol–water partition coefficient (Wildman–Crippen LogP) is 2.83. The number of carbonyl (C=O) groups is 1. The van der Waals surface area contributed by atoms with E-state index < -0.39 is 0 Å². The number of methoxy groups -OCH3 is 1. The van der Waals surface area contributed by atoms with Crippen molar-refractivity contribution in [3.63, 3.8) is 0 Å². The Hall–Kier alpha value is -2.83. The lowest BCUT2D eigenvalue weighted by Crippen LogP contribution is -2.34. The SMILES string of the molecule is COC(=O)c1ccc(Nc2ncnc(N3CCC(C)CC3)c2N)cc1. The Bertz CT molecular complexity index is 740.